The number of hydrogen-bond acceptors (Lipinski definition) is 6. The summed E-state index contributed by atoms with van der Waals surface area (Å²) in [5, 5.41) is 8.17. The van der Waals surface area contributed by atoms with E-state index in [0.29, 0.717) is 28.6 Å². The molecule has 3 rings (SSSR count). The maximum Gasteiger partial charge on any atom is 0.291 e. The van der Waals surface area contributed by atoms with Gasteiger partial charge in [-0.05, 0) is 36.8 Å². The highest BCUT2D eigenvalue weighted by Crippen LogP contribution is 2.36. The largest absolute Gasteiger partial charge is 0.494 e. The monoisotopic (exact) mass is 451 g/mol. The minimum atomic E-state index is -0.461. The van der Waals surface area contributed by atoms with Crippen molar-refractivity contribution in [2.75, 3.05) is 30.2 Å². The van der Waals surface area contributed by atoms with Gasteiger partial charge in [0.1, 0.15) is 11.5 Å². The molecule has 0 saturated carbocycles. The number of hydrogen-bond donors (Lipinski definition) is 3. The molecular weight excluding hydrogens is 426 g/mol. The van der Waals surface area contributed by atoms with Gasteiger partial charge in [-0.2, -0.15) is 0 Å². The van der Waals surface area contributed by atoms with Crippen LogP contribution in [0.25, 0.3) is 0 Å². The third-order valence-electron chi connectivity index (χ3n) is 4.67. The summed E-state index contributed by atoms with van der Waals surface area (Å²) in [4.78, 5) is 36.9. The molecule has 0 aliphatic heterocycles. The van der Waals surface area contributed by atoms with Crippen molar-refractivity contribution < 1.29 is 28.3 Å². The van der Waals surface area contributed by atoms with Crippen molar-refractivity contribution in [3.05, 3.63) is 66.1 Å². The first-order valence-electron chi connectivity index (χ1n) is 10.2. The van der Waals surface area contributed by atoms with Gasteiger partial charge >= 0.3 is 0 Å². The second-order valence-electron chi connectivity index (χ2n) is 7.15. The fourth-order valence-corrected chi connectivity index (χ4v) is 3.07. The Labute approximate surface area is 191 Å². The Morgan fingerprint density at radius 1 is 0.818 bits per heavy atom. The molecule has 0 radical (unpaired) electrons. The van der Waals surface area contributed by atoms with Gasteiger partial charge in [-0.1, -0.05) is 12.1 Å². The SMILES string of the molecule is COc1cc(NC(=O)c2ccco2)c(OC)cc1NC(=O)CCC(=O)Nc1cccc(C)c1. The van der Waals surface area contributed by atoms with E-state index < -0.39 is 5.91 Å². The Hall–Kier alpha value is -4.27. The van der Waals surface area contributed by atoms with Gasteiger partial charge < -0.3 is 29.8 Å². The van der Waals surface area contributed by atoms with Crippen LogP contribution in [0.1, 0.15) is 29.0 Å². The van der Waals surface area contributed by atoms with Gasteiger partial charge in [-0.3, -0.25) is 14.4 Å². The van der Waals surface area contributed by atoms with Crippen LogP contribution < -0.4 is 25.4 Å². The molecular formula is C24H25N3O6. The molecule has 0 unspecified atom stereocenters. The molecule has 0 spiro atoms. The molecule has 0 aliphatic carbocycles. The highest BCUT2D eigenvalue weighted by Gasteiger charge is 2.17. The molecule has 1 aromatic heterocycles. The van der Waals surface area contributed by atoms with E-state index >= 15 is 0 Å². The van der Waals surface area contributed by atoms with E-state index in [1.807, 2.05) is 25.1 Å². The number of anilines is 3. The van der Waals surface area contributed by atoms with E-state index in [-0.39, 0.29) is 30.4 Å². The van der Waals surface area contributed by atoms with E-state index in [1.165, 1.54) is 38.7 Å². The van der Waals surface area contributed by atoms with Crippen LogP contribution in [-0.2, 0) is 9.59 Å². The van der Waals surface area contributed by atoms with Gasteiger partial charge in [0.2, 0.25) is 11.8 Å². The number of rotatable bonds is 9. The second-order valence-corrected chi connectivity index (χ2v) is 7.15. The smallest absolute Gasteiger partial charge is 0.291 e. The number of nitrogens with one attached hydrogen (secondary N) is 3. The van der Waals surface area contributed by atoms with E-state index in [2.05, 4.69) is 16.0 Å². The van der Waals surface area contributed by atoms with E-state index in [9.17, 15) is 14.4 Å². The molecule has 172 valence electrons. The van der Waals surface area contributed by atoms with Crippen LogP contribution >= 0.6 is 0 Å². The molecule has 9 heteroatoms. The quantitative estimate of drug-likeness (QED) is 0.448. The van der Waals surface area contributed by atoms with Gasteiger partial charge in [-0.15, -0.1) is 0 Å². The molecule has 3 N–H and O–H groups in total. The number of aryl methyl sites for hydroxylation is 1. The van der Waals surface area contributed by atoms with Crippen molar-refractivity contribution in [2.45, 2.75) is 19.8 Å². The van der Waals surface area contributed by atoms with Crippen LogP contribution in [0, 0.1) is 6.92 Å². The van der Waals surface area contributed by atoms with Crippen molar-refractivity contribution in [3.8, 4) is 11.5 Å². The van der Waals surface area contributed by atoms with Crippen molar-refractivity contribution >= 4 is 34.8 Å². The summed E-state index contributed by atoms with van der Waals surface area (Å²) in [5.41, 5.74) is 2.38. The first kappa shape index (κ1) is 23.4. The highest BCUT2D eigenvalue weighted by molar-refractivity contribution is 6.04. The normalized spacial score (nSPS) is 10.3. The van der Waals surface area contributed by atoms with Gasteiger partial charge in [0.25, 0.3) is 5.91 Å². The Morgan fingerprint density at radius 2 is 1.45 bits per heavy atom. The average Bonchev–Trinajstić information content (AvgIpc) is 3.33. The molecule has 9 nitrogen and oxygen atoms in total. The Morgan fingerprint density at radius 3 is 2.03 bits per heavy atom. The van der Waals surface area contributed by atoms with Gasteiger partial charge in [0, 0.05) is 30.7 Å². The number of amides is 3. The molecule has 0 bridgehead atoms. The molecule has 3 aromatic rings. The van der Waals surface area contributed by atoms with Crippen LogP contribution in [0.4, 0.5) is 17.1 Å². The molecule has 3 amide bonds. The molecule has 0 fully saturated rings. The lowest BCUT2D eigenvalue weighted by atomic mass is 10.2. The van der Waals surface area contributed by atoms with Crippen molar-refractivity contribution in [1.82, 2.24) is 0 Å². The van der Waals surface area contributed by atoms with Crippen molar-refractivity contribution in [2.24, 2.45) is 0 Å². The zero-order valence-corrected chi connectivity index (χ0v) is 18.6. The summed E-state index contributed by atoms with van der Waals surface area (Å²) in [5.74, 6) is -0.348. The topological polar surface area (TPSA) is 119 Å². The third kappa shape index (κ3) is 6.36. The third-order valence-corrected chi connectivity index (χ3v) is 4.67. The van der Waals surface area contributed by atoms with Crippen LogP contribution in [0.15, 0.2) is 59.2 Å². The van der Waals surface area contributed by atoms with E-state index in [1.54, 1.807) is 12.1 Å². The summed E-state index contributed by atoms with van der Waals surface area (Å²) in [7, 11) is 2.87. The minimum Gasteiger partial charge on any atom is -0.494 e. The summed E-state index contributed by atoms with van der Waals surface area (Å²) < 4.78 is 15.8. The zero-order chi connectivity index (χ0) is 23.8. The number of ether oxygens (including phenoxy) is 2. The van der Waals surface area contributed by atoms with Crippen molar-refractivity contribution in [1.29, 1.82) is 0 Å². The van der Waals surface area contributed by atoms with Crippen LogP contribution in [0.3, 0.4) is 0 Å². The lowest BCUT2D eigenvalue weighted by Crippen LogP contribution is -2.18. The predicted octanol–water partition coefficient (Wildman–Crippen LogP) is 4.21. The second kappa shape index (κ2) is 10.9. The number of benzene rings is 2. The van der Waals surface area contributed by atoms with Crippen molar-refractivity contribution in [3.63, 3.8) is 0 Å². The van der Waals surface area contributed by atoms with Gasteiger partial charge in [0.15, 0.2) is 5.76 Å². The Kier molecular flexibility index (Phi) is 7.69. The van der Waals surface area contributed by atoms with Gasteiger partial charge in [0.05, 0.1) is 31.9 Å². The van der Waals surface area contributed by atoms with Crippen LogP contribution in [0.2, 0.25) is 0 Å². The first-order chi connectivity index (χ1) is 15.9. The maximum absolute atomic E-state index is 12.4. The molecule has 2 aromatic carbocycles. The minimum absolute atomic E-state index is 0.0104. The lowest BCUT2D eigenvalue weighted by molar-refractivity contribution is -0.121. The molecule has 33 heavy (non-hydrogen) atoms. The Balaban J connectivity index is 1.63. The lowest BCUT2D eigenvalue weighted by Gasteiger charge is -2.16. The van der Waals surface area contributed by atoms with Gasteiger partial charge in [-0.25, -0.2) is 0 Å². The predicted molar refractivity (Wildman–Crippen MR) is 124 cm³/mol. The highest BCUT2D eigenvalue weighted by atomic mass is 16.5. The fourth-order valence-electron chi connectivity index (χ4n) is 3.07. The van der Waals surface area contributed by atoms with Crippen LogP contribution in [0.5, 0.6) is 11.5 Å². The molecule has 0 saturated heterocycles. The number of methoxy groups -OCH3 is 2. The fraction of sp³-hybridized carbons (Fsp3) is 0.208. The standard InChI is InChI=1S/C24H25N3O6/c1-15-6-4-7-16(12-15)25-22(28)9-10-23(29)26-17-13-21(32-3)18(14-20(17)31-2)27-24(30)19-8-5-11-33-19/h4-8,11-14H,9-10H2,1-3H3,(H,25,28)(H,26,29)(H,27,30). The number of furan rings is 1. The molecule has 0 atom stereocenters. The van der Waals surface area contributed by atoms with E-state index in [0.717, 1.165) is 5.56 Å². The number of carbonyl (C=O) groups excluding carboxylic acids is 3. The summed E-state index contributed by atoms with van der Waals surface area (Å²) in [6.07, 6.45) is 1.38. The summed E-state index contributed by atoms with van der Waals surface area (Å²) in [6, 6.07) is 13.6. The average molecular weight is 451 g/mol. The molecule has 0 aliphatic rings. The maximum atomic E-state index is 12.4. The summed E-state index contributed by atoms with van der Waals surface area (Å²) in [6.45, 7) is 1.93. The van der Waals surface area contributed by atoms with Crippen LogP contribution in [-0.4, -0.2) is 31.9 Å². The first-order valence-corrected chi connectivity index (χ1v) is 10.2. The summed E-state index contributed by atoms with van der Waals surface area (Å²) >= 11 is 0. The Bertz CT molecular complexity index is 1140. The van der Waals surface area contributed by atoms with E-state index in [4.69, 9.17) is 13.9 Å². The zero-order valence-electron chi connectivity index (χ0n) is 18.6. The molecule has 1 heterocycles. The number of carbonyl (C=O) groups is 3.